The summed E-state index contributed by atoms with van der Waals surface area (Å²) < 4.78 is 11.5. The molecule has 7 nitrogen and oxygen atoms in total. The first-order valence-corrected chi connectivity index (χ1v) is 10.8. The van der Waals surface area contributed by atoms with Crippen molar-refractivity contribution in [1.82, 2.24) is 0 Å². The first kappa shape index (κ1) is 22.9. The molecule has 1 saturated heterocycles. The quantitative estimate of drug-likeness (QED) is 0.401. The molecule has 1 fully saturated rings. The molecule has 31 heavy (non-hydrogen) atoms. The summed E-state index contributed by atoms with van der Waals surface area (Å²) in [6, 6.07) is 1.20. The van der Waals surface area contributed by atoms with Gasteiger partial charge in [0.2, 0.25) is 0 Å². The lowest BCUT2D eigenvalue weighted by atomic mass is 9.88. The standard InChI is InChI=1S/C24H31NO6/c1-16-10-6-4-3-5-7-11-17(25-29-2)14-18-22(21-12-8-9-13-30-21)19(26)15-20(27)23(18)24(28)31-16/h4,6-7,11,15-16,21,26-27H,3,5,8-10,12-14H2,1-2H3/b6-4+,11-7+,25-17+. The molecule has 1 aromatic carbocycles. The number of esters is 1. The molecule has 7 heteroatoms. The number of phenolic OH excluding ortho intramolecular Hbond substituents is 2. The maximum atomic E-state index is 13.1. The SMILES string of the molecule is CO/N=C1\C=C\CC/C=C/CC(C)OC(=O)c2c(O)cc(O)c(C3CCCCO3)c2C1. The van der Waals surface area contributed by atoms with Gasteiger partial charge in [0.15, 0.2) is 0 Å². The van der Waals surface area contributed by atoms with Crippen molar-refractivity contribution in [3.8, 4) is 11.5 Å². The first-order chi connectivity index (χ1) is 15.0. The number of phenols is 2. The van der Waals surface area contributed by atoms with Gasteiger partial charge in [0.1, 0.15) is 30.3 Å². The van der Waals surface area contributed by atoms with Gasteiger partial charge in [0, 0.05) is 31.1 Å². The number of allylic oxidation sites excluding steroid dienone is 3. The van der Waals surface area contributed by atoms with Gasteiger partial charge >= 0.3 is 5.97 Å². The maximum absolute atomic E-state index is 13.1. The van der Waals surface area contributed by atoms with Crippen molar-refractivity contribution in [3.63, 3.8) is 0 Å². The van der Waals surface area contributed by atoms with Crippen LogP contribution in [0.5, 0.6) is 11.5 Å². The Bertz CT molecular complexity index is 867. The Balaban J connectivity index is 2.15. The molecule has 2 aliphatic heterocycles. The third-order valence-electron chi connectivity index (χ3n) is 5.46. The smallest absolute Gasteiger partial charge is 0.342 e. The molecule has 0 spiro atoms. The van der Waals surface area contributed by atoms with Gasteiger partial charge in [-0.1, -0.05) is 23.4 Å². The minimum absolute atomic E-state index is 0.0343. The van der Waals surface area contributed by atoms with Gasteiger partial charge in [-0.25, -0.2) is 4.79 Å². The van der Waals surface area contributed by atoms with E-state index in [-0.39, 0.29) is 35.7 Å². The largest absolute Gasteiger partial charge is 0.507 e. The number of carbonyl (C=O) groups excluding carboxylic acids is 1. The number of hydrogen-bond acceptors (Lipinski definition) is 7. The average molecular weight is 430 g/mol. The van der Waals surface area contributed by atoms with Crippen LogP contribution in [0.3, 0.4) is 0 Å². The van der Waals surface area contributed by atoms with Crippen molar-refractivity contribution >= 4 is 11.7 Å². The predicted molar refractivity (Wildman–Crippen MR) is 117 cm³/mol. The topological polar surface area (TPSA) is 97.6 Å². The average Bonchev–Trinajstić information content (AvgIpc) is 2.73. The van der Waals surface area contributed by atoms with Crippen molar-refractivity contribution in [1.29, 1.82) is 0 Å². The van der Waals surface area contributed by atoms with Crippen molar-refractivity contribution in [2.24, 2.45) is 5.16 Å². The summed E-state index contributed by atoms with van der Waals surface area (Å²) in [5, 5.41) is 25.5. The number of cyclic esters (lactones) is 1. The van der Waals surface area contributed by atoms with Crippen molar-refractivity contribution in [2.75, 3.05) is 13.7 Å². The second kappa shape index (κ2) is 11.0. The highest BCUT2D eigenvalue weighted by molar-refractivity contribution is 6.01. The lowest BCUT2D eigenvalue weighted by molar-refractivity contribution is 0.0129. The molecule has 2 heterocycles. The highest BCUT2D eigenvalue weighted by Crippen LogP contribution is 2.41. The van der Waals surface area contributed by atoms with E-state index < -0.39 is 5.97 Å². The van der Waals surface area contributed by atoms with Crippen LogP contribution in [0.25, 0.3) is 0 Å². The molecule has 0 aromatic heterocycles. The van der Waals surface area contributed by atoms with Gasteiger partial charge in [-0.15, -0.1) is 0 Å². The Labute approximate surface area is 183 Å². The third kappa shape index (κ3) is 5.88. The summed E-state index contributed by atoms with van der Waals surface area (Å²) in [5.41, 5.74) is 1.55. The zero-order valence-electron chi connectivity index (χ0n) is 18.2. The van der Waals surface area contributed by atoms with E-state index in [0.29, 0.717) is 36.3 Å². The monoisotopic (exact) mass is 429 g/mol. The molecule has 2 unspecified atom stereocenters. The highest BCUT2D eigenvalue weighted by Gasteiger charge is 2.30. The van der Waals surface area contributed by atoms with E-state index in [1.807, 2.05) is 25.2 Å². The summed E-state index contributed by atoms with van der Waals surface area (Å²) in [5.74, 6) is -1.07. The number of benzene rings is 1. The maximum Gasteiger partial charge on any atom is 0.342 e. The highest BCUT2D eigenvalue weighted by atomic mass is 16.6. The van der Waals surface area contributed by atoms with Gasteiger partial charge in [0.05, 0.1) is 11.8 Å². The van der Waals surface area contributed by atoms with Crippen LogP contribution in [0.15, 0.2) is 35.5 Å². The number of oxime groups is 1. The van der Waals surface area contributed by atoms with Gasteiger partial charge in [-0.3, -0.25) is 0 Å². The molecular formula is C24H31NO6. The minimum atomic E-state index is -0.636. The number of ether oxygens (including phenoxy) is 2. The van der Waals surface area contributed by atoms with Crippen LogP contribution in [0.4, 0.5) is 0 Å². The number of hydrogen-bond donors (Lipinski definition) is 2. The second-order valence-corrected chi connectivity index (χ2v) is 7.88. The lowest BCUT2D eigenvalue weighted by Gasteiger charge is -2.27. The number of nitrogens with zero attached hydrogens (tertiary/aromatic N) is 1. The molecule has 168 valence electrons. The molecule has 0 saturated carbocycles. The number of carbonyl (C=O) groups is 1. The molecule has 0 amide bonds. The summed E-state index contributed by atoms with van der Waals surface area (Å²) in [6.07, 6.45) is 12.2. The van der Waals surface area contributed by atoms with Crippen LogP contribution in [0, 0.1) is 0 Å². The van der Waals surface area contributed by atoms with Crippen LogP contribution in [0.1, 0.15) is 73.0 Å². The predicted octanol–water partition coefficient (Wildman–Crippen LogP) is 4.73. The molecule has 1 aromatic rings. The third-order valence-corrected chi connectivity index (χ3v) is 5.46. The van der Waals surface area contributed by atoms with Crippen molar-refractivity contribution in [2.45, 2.75) is 64.1 Å². The van der Waals surface area contributed by atoms with E-state index >= 15 is 0 Å². The molecule has 3 rings (SSSR count). The first-order valence-electron chi connectivity index (χ1n) is 10.8. The Hall–Kier alpha value is -2.80. The van der Waals surface area contributed by atoms with E-state index in [4.69, 9.17) is 14.3 Å². The van der Waals surface area contributed by atoms with E-state index in [9.17, 15) is 15.0 Å². The summed E-state index contributed by atoms with van der Waals surface area (Å²) in [6.45, 7) is 2.39. The minimum Gasteiger partial charge on any atom is -0.507 e. The zero-order valence-corrected chi connectivity index (χ0v) is 18.2. The summed E-state index contributed by atoms with van der Waals surface area (Å²) >= 11 is 0. The van der Waals surface area contributed by atoms with Gasteiger partial charge in [-0.2, -0.15) is 0 Å². The van der Waals surface area contributed by atoms with Crippen molar-refractivity contribution in [3.05, 3.63) is 47.1 Å². The number of fused-ring (bicyclic) bond motifs is 1. The van der Waals surface area contributed by atoms with Crippen LogP contribution < -0.4 is 0 Å². The van der Waals surface area contributed by atoms with Crippen LogP contribution in [-0.4, -0.2) is 41.7 Å². The number of aromatic hydroxyl groups is 2. The van der Waals surface area contributed by atoms with E-state index in [2.05, 4.69) is 11.2 Å². The second-order valence-electron chi connectivity index (χ2n) is 7.88. The van der Waals surface area contributed by atoms with E-state index in [1.165, 1.54) is 13.2 Å². The summed E-state index contributed by atoms with van der Waals surface area (Å²) in [7, 11) is 1.46. The molecular weight excluding hydrogens is 398 g/mol. The molecule has 0 bridgehead atoms. The van der Waals surface area contributed by atoms with Gasteiger partial charge in [-0.05, 0) is 50.7 Å². The fourth-order valence-corrected chi connectivity index (χ4v) is 3.99. The fraction of sp³-hybridized carbons (Fsp3) is 0.500. The van der Waals surface area contributed by atoms with Crippen LogP contribution >= 0.6 is 0 Å². The molecule has 2 aliphatic rings. The molecule has 2 atom stereocenters. The van der Waals surface area contributed by atoms with E-state index in [1.54, 1.807) is 0 Å². The zero-order chi connectivity index (χ0) is 22.2. The Morgan fingerprint density at radius 2 is 1.94 bits per heavy atom. The Kier molecular flexibility index (Phi) is 8.12. The lowest BCUT2D eigenvalue weighted by Crippen LogP contribution is -2.21. The molecule has 0 radical (unpaired) electrons. The molecule has 0 aliphatic carbocycles. The molecule has 2 N–H and O–H groups in total. The van der Waals surface area contributed by atoms with Crippen molar-refractivity contribution < 1.29 is 29.3 Å². The summed E-state index contributed by atoms with van der Waals surface area (Å²) in [4.78, 5) is 18.1. The Morgan fingerprint density at radius 3 is 2.68 bits per heavy atom. The number of rotatable bonds is 2. The van der Waals surface area contributed by atoms with Crippen LogP contribution in [-0.2, 0) is 20.7 Å². The van der Waals surface area contributed by atoms with Gasteiger partial charge in [0.25, 0.3) is 0 Å². The fourth-order valence-electron chi connectivity index (χ4n) is 3.99. The Morgan fingerprint density at radius 1 is 1.13 bits per heavy atom. The normalized spacial score (nSPS) is 26.4. The van der Waals surface area contributed by atoms with Gasteiger partial charge < -0.3 is 24.5 Å². The van der Waals surface area contributed by atoms with Crippen LogP contribution in [0.2, 0.25) is 0 Å². The van der Waals surface area contributed by atoms with E-state index in [0.717, 1.165) is 25.7 Å².